The zero-order valence-electron chi connectivity index (χ0n) is 23.4. The van der Waals surface area contributed by atoms with Crippen LogP contribution in [0.4, 0.5) is 4.39 Å². The third kappa shape index (κ3) is 4.58. The topological polar surface area (TPSA) is 35.5 Å². The molecule has 3 aromatic rings. The van der Waals surface area contributed by atoms with E-state index in [2.05, 4.69) is 44.2 Å². The van der Waals surface area contributed by atoms with Gasteiger partial charge in [0.15, 0.2) is 0 Å². The third-order valence-corrected chi connectivity index (χ3v) is 9.14. The van der Waals surface area contributed by atoms with Crippen LogP contribution in [-0.4, -0.2) is 12.6 Å². The van der Waals surface area contributed by atoms with E-state index in [1.165, 1.54) is 16.7 Å². The summed E-state index contributed by atoms with van der Waals surface area (Å²) in [6.45, 7) is 9.25. The first-order chi connectivity index (χ1) is 18.7. The molecule has 3 aliphatic rings. The van der Waals surface area contributed by atoms with E-state index < -0.39 is 0 Å². The smallest absolute Gasteiger partial charge is 0.309 e. The maximum Gasteiger partial charge on any atom is 0.309 e. The van der Waals surface area contributed by atoms with Crippen LogP contribution in [0.15, 0.2) is 60.7 Å². The monoisotopic (exact) mass is 524 g/mol. The first kappa shape index (κ1) is 25.9. The average Bonchev–Trinajstić information content (AvgIpc) is 3.39. The quantitative estimate of drug-likeness (QED) is 0.291. The van der Waals surface area contributed by atoms with Crippen molar-refractivity contribution in [3.05, 3.63) is 94.3 Å². The highest BCUT2D eigenvalue weighted by Crippen LogP contribution is 2.62. The summed E-state index contributed by atoms with van der Waals surface area (Å²) in [6, 6.07) is 17.9. The minimum Gasteiger partial charge on any atom is -0.489 e. The molecule has 0 radical (unpaired) electrons. The van der Waals surface area contributed by atoms with Crippen molar-refractivity contribution >= 4 is 11.5 Å². The molecule has 1 saturated carbocycles. The molecule has 1 spiro atoms. The second-order valence-electron chi connectivity index (χ2n) is 12.2. The van der Waals surface area contributed by atoms with Crippen molar-refractivity contribution in [2.45, 2.75) is 71.8 Å². The van der Waals surface area contributed by atoms with Crippen LogP contribution in [0.2, 0.25) is 0 Å². The number of rotatable bonds is 7. The minimum absolute atomic E-state index is 0.0303. The molecule has 3 nitrogen and oxygen atoms in total. The Morgan fingerprint density at radius 2 is 1.85 bits per heavy atom. The minimum atomic E-state index is -0.199. The number of halogens is 1. The van der Waals surface area contributed by atoms with E-state index in [1.807, 2.05) is 38.1 Å². The predicted molar refractivity (Wildman–Crippen MR) is 153 cm³/mol. The highest BCUT2D eigenvalue weighted by molar-refractivity contribution is 5.85. The lowest BCUT2D eigenvalue weighted by atomic mass is 9.79. The van der Waals surface area contributed by atoms with Crippen LogP contribution >= 0.6 is 0 Å². The van der Waals surface area contributed by atoms with Gasteiger partial charge < -0.3 is 9.47 Å². The van der Waals surface area contributed by atoms with Crippen LogP contribution in [0.25, 0.3) is 16.7 Å². The summed E-state index contributed by atoms with van der Waals surface area (Å²) >= 11 is 0. The van der Waals surface area contributed by atoms with Crippen LogP contribution in [0.5, 0.6) is 5.75 Å². The zero-order chi connectivity index (χ0) is 27.4. The van der Waals surface area contributed by atoms with Gasteiger partial charge in [-0.15, -0.1) is 0 Å². The number of benzene rings is 3. The number of hydrogen-bond acceptors (Lipinski definition) is 3. The maximum atomic E-state index is 15.0. The lowest BCUT2D eigenvalue weighted by Crippen LogP contribution is -2.15. The van der Waals surface area contributed by atoms with Gasteiger partial charge in [-0.25, -0.2) is 4.39 Å². The molecular weight excluding hydrogens is 487 g/mol. The Kier molecular flexibility index (Phi) is 6.40. The number of aryl methyl sites for hydroxylation is 2. The number of ether oxygens (including phenoxy) is 2. The molecule has 3 aliphatic carbocycles. The van der Waals surface area contributed by atoms with Gasteiger partial charge in [-0.3, -0.25) is 4.79 Å². The Labute approximate surface area is 231 Å². The summed E-state index contributed by atoms with van der Waals surface area (Å²) < 4.78 is 26.7. The SMILES string of the molecule is CCOC(=O)[C@@H]1C[C@]12CCc1ccc(OCc3ccc(-c4cc(C)ccc4F)c(C4=CCCC4(C)C)c3)cc12. The molecule has 6 rings (SSSR count). The summed E-state index contributed by atoms with van der Waals surface area (Å²) in [4.78, 5) is 12.4. The van der Waals surface area contributed by atoms with Crippen LogP contribution in [0.3, 0.4) is 0 Å². The predicted octanol–water partition coefficient (Wildman–Crippen LogP) is 8.35. The number of allylic oxidation sites excluding steroid dienone is 2. The van der Waals surface area contributed by atoms with E-state index in [9.17, 15) is 4.79 Å². The molecule has 1 fully saturated rings. The second kappa shape index (κ2) is 9.66. The van der Waals surface area contributed by atoms with Crippen molar-refractivity contribution in [3.8, 4) is 16.9 Å². The van der Waals surface area contributed by atoms with Crippen molar-refractivity contribution in [1.29, 1.82) is 0 Å². The number of esters is 1. The average molecular weight is 525 g/mol. The molecule has 2 atom stereocenters. The third-order valence-electron chi connectivity index (χ3n) is 9.14. The highest BCUT2D eigenvalue weighted by atomic mass is 19.1. The fraction of sp³-hybridized carbons (Fsp3) is 0.400. The molecule has 0 N–H and O–H groups in total. The van der Waals surface area contributed by atoms with Crippen molar-refractivity contribution < 1.29 is 18.7 Å². The first-order valence-electron chi connectivity index (χ1n) is 14.3. The molecule has 0 aliphatic heterocycles. The zero-order valence-corrected chi connectivity index (χ0v) is 23.4. The molecule has 0 amide bonds. The summed E-state index contributed by atoms with van der Waals surface area (Å²) in [5, 5.41) is 0. The summed E-state index contributed by atoms with van der Waals surface area (Å²) in [6.07, 6.45) is 7.29. The Bertz CT molecular complexity index is 1480. The van der Waals surface area contributed by atoms with Gasteiger partial charge >= 0.3 is 5.97 Å². The number of carbonyl (C=O) groups is 1. The van der Waals surface area contributed by atoms with Gasteiger partial charge in [0.25, 0.3) is 0 Å². The van der Waals surface area contributed by atoms with Crippen LogP contribution in [0.1, 0.15) is 74.3 Å². The lowest BCUT2D eigenvalue weighted by molar-refractivity contribution is -0.145. The van der Waals surface area contributed by atoms with Crippen molar-refractivity contribution in [2.24, 2.45) is 11.3 Å². The number of hydrogen-bond donors (Lipinski definition) is 0. The molecule has 0 unspecified atom stereocenters. The van der Waals surface area contributed by atoms with Gasteiger partial charge in [-0.05, 0) is 115 Å². The van der Waals surface area contributed by atoms with Gasteiger partial charge in [0.2, 0.25) is 0 Å². The standard InChI is InChI=1S/C35H37FO3/c1-5-38-33(37)31-20-35(31)16-14-24-10-11-25(19-30(24)35)39-21-23-9-12-26(28-17-22(2)8-13-32(28)36)27(18-23)29-7-6-15-34(29,3)4/h7-13,17-19,31H,5-6,14-16,20-21H2,1-4H3/t31-,35-/m0/s1. The Balaban J connectivity index is 1.28. The van der Waals surface area contributed by atoms with E-state index in [0.717, 1.165) is 60.1 Å². The van der Waals surface area contributed by atoms with Crippen LogP contribution < -0.4 is 4.74 Å². The van der Waals surface area contributed by atoms with Crippen molar-refractivity contribution in [3.63, 3.8) is 0 Å². The maximum absolute atomic E-state index is 15.0. The lowest BCUT2D eigenvalue weighted by Gasteiger charge is -2.25. The van der Waals surface area contributed by atoms with Crippen molar-refractivity contribution in [1.82, 2.24) is 0 Å². The Hall–Kier alpha value is -3.40. The van der Waals surface area contributed by atoms with Gasteiger partial charge in [0.05, 0.1) is 12.5 Å². The molecule has 0 aromatic heterocycles. The van der Waals surface area contributed by atoms with E-state index in [-0.39, 0.29) is 28.5 Å². The molecule has 3 aromatic carbocycles. The molecule has 4 heteroatoms. The molecular formula is C35H37FO3. The molecule has 39 heavy (non-hydrogen) atoms. The Morgan fingerprint density at radius 3 is 2.62 bits per heavy atom. The largest absolute Gasteiger partial charge is 0.489 e. The fourth-order valence-corrected chi connectivity index (χ4v) is 6.86. The van der Waals surface area contributed by atoms with E-state index in [0.29, 0.717) is 18.8 Å². The van der Waals surface area contributed by atoms with Crippen LogP contribution in [0, 0.1) is 24.1 Å². The number of fused-ring (bicyclic) bond motifs is 2. The molecule has 0 bridgehead atoms. The van der Waals surface area contributed by atoms with E-state index in [1.54, 1.807) is 6.07 Å². The first-order valence-corrected chi connectivity index (χ1v) is 14.3. The summed E-state index contributed by atoms with van der Waals surface area (Å²) in [5.74, 6) is 0.517. The summed E-state index contributed by atoms with van der Waals surface area (Å²) in [7, 11) is 0. The number of carbonyl (C=O) groups excluding carboxylic acids is 1. The van der Waals surface area contributed by atoms with Crippen molar-refractivity contribution in [2.75, 3.05) is 6.61 Å². The van der Waals surface area contributed by atoms with Gasteiger partial charge in [0, 0.05) is 11.0 Å². The molecule has 0 heterocycles. The molecule has 0 saturated heterocycles. The van der Waals surface area contributed by atoms with Gasteiger partial charge in [-0.2, -0.15) is 0 Å². The Morgan fingerprint density at radius 1 is 1.00 bits per heavy atom. The highest BCUT2D eigenvalue weighted by Gasteiger charge is 2.62. The van der Waals surface area contributed by atoms with E-state index in [4.69, 9.17) is 9.47 Å². The van der Waals surface area contributed by atoms with Gasteiger partial charge in [-0.1, -0.05) is 49.8 Å². The summed E-state index contributed by atoms with van der Waals surface area (Å²) in [5.41, 5.74) is 8.56. The van der Waals surface area contributed by atoms with Crippen LogP contribution in [-0.2, 0) is 28.0 Å². The molecule has 202 valence electrons. The fourth-order valence-electron chi connectivity index (χ4n) is 6.86. The van der Waals surface area contributed by atoms with E-state index >= 15 is 4.39 Å². The second-order valence-corrected chi connectivity index (χ2v) is 12.2. The normalized spacial score (nSPS) is 22.5. The van der Waals surface area contributed by atoms with Gasteiger partial charge in [0.1, 0.15) is 18.2 Å².